The Morgan fingerprint density at radius 3 is 2.52 bits per heavy atom. The number of aryl methyl sites for hydroxylation is 1. The minimum atomic E-state index is -0.494. The van der Waals surface area contributed by atoms with Gasteiger partial charge < -0.3 is 16.0 Å². The molecule has 0 radical (unpaired) electrons. The van der Waals surface area contributed by atoms with Crippen molar-refractivity contribution in [2.75, 3.05) is 18.4 Å². The van der Waals surface area contributed by atoms with E-state index in [-0.39, 0.29) is 23.6 Å². The zero-order chi connectivity index (χ0) is 17.4. The molecule has 1 saturated heterocycles. The SMILES string of the molecule is Cc1cc(NC(=O)C(C)(C)C)sc1C(=O)N1CC[C@H](C(N)=O)C1. The zero-order valence-electron chi connectivity index (χ0n) is 13.9. The smallest absolute Gasteiger partial charge is 0.264 e. The minimum Gasteiger partial charge on any atom is -0.369 e. The first-order chi connectivity index (χ1) is 10.6. The van der Waals surface area contributed by atoms with E-state index in [4.69, 9.17) is 5.73 Å². The normalized spacial score (nSPS) is 18.1. The number of nitrogens with zero attached hydrogens (tertiary/aromatic N) is 1. The third-order valence-corrected chi connectivity index (χ3v) is 5.05. The molecular weight excluding hydrogens is 314 g/mol. The third kappa shape index (κ3) is 3.90. The fraction of sp³-hybridized carbons (Fsp3) is 0.562. The van der Waals surface area contributed by atoms with Gasteiger partial charge in [-0.3, -0.25) is 14.4 Å². The topological polar surface area (TPSA) is 92.5 Å². The molecule has 7 heteroatoms. The van der Waals surface area contributed by atoms with E-state index in [1.54, 1.807) is 4.90 Å². The molecule has 1 fully saturated rings. The Kier molecular flexibility index (Phi) is 4.79. The molecule has 6 nitrogen and oxygen atoms in total. The highest BCUT2D eigenvalue weighted by atomic mass is 32.1. The summed E-state index contributed by atoms with van der Waals surface area (Å²) in [6.45, 7) is 8.26. The maximum Gasteiger partial charge on any atom is 0.264 e. The molecule has 0 bridgehead atoms. The van der Waals surface area contributed by atoms with Crippen LogP contribution in [0.4, 0.5) is 5.00 Å². The van der Waals surface area contributed by atoms with E-state index in [1.165, 1.54) is 11.3 Å². The van der Waals surface area contributed by atoms with Gasteiger partial charge >= 0.3 is 0 Å². The molecular formula is C16H23N3O3S. The van der Waals surface area contributed by atoms with Gasteiger partial charge in [-0.2, -0.15) is 0 Å². The maximum absolute atomic E-state index is 12.6. The van der Waals surface area contributed by atoms with Crippen LogP contribution in [0.3, 0.4) is 0 Å². The van der Waals surface area contributed by atoms with Crippen LogP contribution in [0.25, 0.3) is 0 Å². The molecule has 1 aliphatic heterocycles. The van der Waals surface area contributed by atoms with Crippen LogP contribution in [-0.4, -0.2) is 35.7 Å². The van der Waals surface area contributed by atoms with Crippen molar-refractivity contribution in [3.8, 4) is 0 Å². The standard InChI is InChI=1S/C16H23N3O3S/c1-9-7-11(18-15(22)16(2,3)4)23-12(9)14(21)19-6-5-10(8-19)13(17)20/h7,10H,5-6,8H2,1-4H3,(H2,17,20)(H,18,22)/t10-/m0/s1. The molecule has 2 heterocycles. The number of likely N-dealkylation sites (tertiary alicyclic amines) is 1. The first-order valence-corrected chi connectivity index (χ1v) is 8.41. The summed E-state index contributed by atoms with van der Waals surface area (Å²) in [6, 6.07) is 1.81. The van der Waals surface area contributed by atoms with Crippen LogP contribution in [-0.2, 0) is 9.59 Å². The second-order valence-electron chi connectivity index (χ2n) is 6.97. The van der Waals surface area contributed by atoms with Crippen LogP contribution in [0.1, 0.15) is 42.4 Å². The van der Waals surface area contributed by atoms with Gasteiger partial charge in [-0.05, 0) is 25.0 Å². The number of nitrogens with two attached hydrogens (primary N) is 1. The molecule has 1 aromatic heterocycles. The third-order valence-electron chi connectivity index (χ3n) is 3.91. The highest BCUT2D eigenvalue weighted by Gasteiger charge is 2.31. The number of carbonyl (C=O) groups is 3. The predicted molar refractivity (Wildman–Crippen MR) is 90.3 cm³/mol. The molecule has 0 saturated carbocycles. The van der Waals surface area contributed by atoms with Crippen molar-refractivity contribution in [3.05, 3.63) is 16.5 Å². The van der Waals surface area contributed by atoms with Gasteiger partial charge in [-0.15, -0.1) is 11.3 Å². The highest BCUT2D eigenvalue weighted by molar-refractivity contribution is 7.18. The van der Waals surface area contributed by atoms with E-state index < -0.39 is 5.41 Å². The lowest BCUT2D eigenvalue weighted by atomic mass is 9.96. The number of hydrogen-bond acceptors (Lipinski definition) is 4. The minimum absolute atomic E-state index is 0.0901. The van der Waals surface area contributed by atoms with E-state index in [0.717, 1.165) is 5.56 Å². The zero-order valence-corrected chi connectivity index (χ0v) is 14.8. The number of nitrogens with one attached hydrogen (secondary N) is 1. The Morgan fingerprint density at radius 2 is 2.00 bits per heavy atom. The van der Waals surface area contributed by atoms with Gasteiger partial charge in [0.2, 0.25) is 11.8 Å². The molecule has 3 N–H and O–H groups in total. The van der Waals surface area contributed by atoms with E-state index in [1.807, 2.05) is 33.8 Å². The average Bonchev–Trinajstić information content (AvgIpc) is 3.04. The van der Waals surface area contributed by atoms with Crippen LogP contribution in [0, 0.1) is 18.3 Å². The number of hydrogen-bond donors (Lipinski definition) is 2. The molecule has 1 aliphatic rings. The Labute approximate surface area is 140 Å². The van der Waals surface area contributed by atoms with E-state index in [0.29, 0.717) is 29.4 Å². The van der Waals surface area contributed by atoms with E-state index in [9.17, 15) is 14.4 Å². The fourth-order valence-corrected chi connectivity index (χ4v) is 3.41. The van der Waals surface area contributed by atoms with Gasteiger partial charge in [0.1, 0.15) is 0 Å². The lowest BCUT2D eigenvalue weighted by Gasteiger charge is -2.16. The summed E-state index contributed by atoms with van der Waals surface area (Å²) in [5.41, 5.74) is 5.64. The van der Waals surface area contributed by atoms with Crippen molar-refractivity contribution in [1.29, 1.82) is 0 Å². The largest absolute Gasteiger partial charge is 0.369 e. The number of carbonyl (C=O) groups excluding carboxylic acids is 3. The van der Waals surface area contributed by atoms with Crippen molar-refractivity contribution in [2.45, 2.75) is 34.1 Å². The van der Waals surface area contributed by atoms with Gasteiger partial charge in [-0.25, -0.2) is 0 Å². The number of amides is 3. The average molecular weight is 337 g/mol. The van der Waals surface area contributed by atoms with Crippen LogP contribution < -0.4 is 11.1 Å². The van der Waals surface area contributed by atoms with Gasteiger partial charge in [-0.1, -0.05) is 20.8 Å². The van der Waals surface area contributed by atoms with Crippen molar-refractivity contribution >= 4 is 34.1 Å². The van der Waals surface area contributed by atoms with Crippen molar-refractivity contribution in [2.24, 2.45) is 17.1 Å². The number of primary amides is 1. The number of thiophene rings is 1. The summed E-state index contributed by atoms with van der Waals surface area (Å²) in [5, 5.41) is 3.51. The van der Waals surface area contributed by atoms with Crippen molar-refractivity contribution in [3.63, 3.8) is 0 Å². The van der Waals surface area contributed by atoms with Gasteiger partial charge in [0.25, 0.3) is 5.91 Å². The first kappa shape index (κ1) is 17.5. The maximum atomic E-state index is 12.6. The molecule has 0 aliphatic carbocycles. The molecule has 3 amide bonds. The molecule has 1 aromatic rings. The quantitative estimate of drug-likeness (QED) is 0.883. The van der Waals surface area contributed by atoms with Crippen LogP contribution in [0.5, 0.6) is 0 Å². The molecule has 0 aromatic carbocycles. The van der Waals surface area contributed by atoms with Crippen molar-refractivity contribution < 1.29 is 14.4 Å². The molecule has 23 heavy (non-hydrogen) atoms. The summed E-state index contributed by atoms with van der Waals surface area (Å²) in [5.74, 6) is -0.819. The molecule has 126 valence electrons. The Bertz CT molecular complexity index is 645. The second-order valence-corrected chi connectivity index (χ2v) is 8.02. The molecule has 2 rings (SSSR count). The molecule has 0 spiro atoms. The van der Waals surface area contributed by atoms with Gasteiger partial charge in [0.05, 0.1) is 15.8 Å². The highest BCUT2D eigenvalue weighted by Crippen LogP contribution is 2.30. The lowest BCUT2D eigenvalue weighted by molar-refractivity contribution is -0.123. The van der Waals surface area contributed by atoms with Crippen LogP contribution in [0.2, 0.25) is 0 Å². The molecule has 0 unspecified atom stereocenters. The summed E-state index contributed by atoms with van der Waals surface area (Å²) < 4.78 is 0. The summed E-state index contributed by atoms with van der Waals surface area (Å²) in [7, 11) is 0. The monoisotopic (exact) mass is 337 g/mol. The Morgan fingerprint density at radius 1 is 1.35 bits per heavy atom. The van der Waals surface area contributed by atoms with Crippen molar-refractivity contribution in [1.82, 2.24) is 4.90 Å². The van der Waals surface area contributed by atoms with Gasteiger partial charge in [0, 0.05) is 18.5 Å². The molecule has 1 atom stereocenters. The summed E-state index contributed by atoms with van der Waals surface area (Å²) >= 11 is 1.27. The number of rotatable bonds is 3. The van der Waals surface area contributed by atoms with E-state index in [2.05, 4.69) is 5.32 Å². The number of anilines is 1. The predicted octanol–water partition coefficient (Wildman–Crippen LogP) is 1.99. The lowest BCUT2D eigenvalue weighted by Crippen LogP contribution is -2.31. The second kappa shape index (κ2) is 6.31. The summed E-state index contributed by atoms with van der Waals surface area (Å²) in [6.07, 6.45) is 0.610. The first-order valence-electron chi connectivity index (χ1n) is 7.60. The van der Waals surface area contributed by atoms with Gasteiger partial charge in [0.15, 0.2) is 0 Å². The van der Waals surface area contributed by atoms with Crippen LogP contribution in [0.15, 0.2) is 6.07 Å². The summed E-state index contributed by atoms with van der Waals surface area (Å²) in [4.78, 5) is 38.1. The Hall–Kier alpha value is -1.89. The van der Waals surface area contributed by atoms with E-state index >= 15 is 0 Å². The van der Waals surface area contributed by atoms with Crippen LogP contribution >= 0.6 is 11.3 Å². The Balaban J connectivity index is 2.11. The fourth-order valence-electron chi connectivity index (χ4n) is 2.38.